The number of hydrogen-bond acceptors (Lipinski definition) is 4. The van der Waals surface area contributed by atoms with E-state index in [4.69, 9.17) is 22.8 Å². The second-order valence-electron chi connectivity index (χ2n) is 6.20. The number of anilines is 1. The maximum Gasteiger partial charge on any atom is 0.138 e. The lowest BCUT2D eigenvalue weighted by Gasteiger charge is -2.28. The fraction of sp³-hybridized carbons (Fsp3) is 0.625. The predicted octanol–water partition coefficient (Wildman–Crippen LogP) is 3.02. The molecule has 1 unspecified atom stereocenters. The van der Waals surface area contributed by atoms with Gasteiger partial charge in [-0.2, -0.15) is 0 Å². The Bertz CT molecular complexity index is 559. The molecule has 1 aliphatic heterocycles. The molecule has 5 heteroatoms. The molecule has 21 heavy (non-hydrogen) atoms. The van der Waals surface area contributed by atoms with Crippen LogP contribution in [0.3, 0.4) is 0 Å². The quantitative estimate of drug-likeness (QED) is 0.686. The lowest BCUT2D eigenvalue weighted by Crippen LogP contribution is -2.32. The first-order chi connectivity index (χ1) is 10.1. The van der Waals surface area contributed by atoms with Gasteiger partial charge >= 0.3 is 0 Å². The summed E-state index contributed by atoms with van der Waals surface area (Å²) in [4.78, 5) is 8.97. The van der Waals surface area contributed by atoms with E-state index < -0.39 is 0 Å². The highest BCUT2D eigenvalue weighted by Gasteiger charge is 2.42. The Labute approximate surface area is 130 Å². The Morgan fingerprint density at radius 1 is 1.43 bits per heavy atom. The van der Waals surface area contributed by atoms with Gasteiger partial charge in [-0.3, -0.25) is 0 Å². The Kier molecular flexibility index (Phi) is 4.05. The molecule has 2 fully saturated rings. The van der Waals surface area contributed by atoms with Gasteiger partial charge in [0.25, 0.3) is 0 Å². The highest BCUT2D eigenvalue weighted by Crippen LogP contribution is 2.46. The molecule has 1 saturated heterocycles. The van der Waals surface area contributed by atoms with Crippen LogP contribution in [0.15, 0.2) is 6.07 Å². The molecule has 1 aromatic heterocycles. The van der Waals surface area contributed by atoms with Crippen molar-refractivity contribution >= 4 is 17.4 Å². The molecule has 112 valence electrons. The molecule has 0 aromatic carbocycles. The zero-order valence-electron chi connectivity index (χ0n) is 12.2. The van der Waals surface area contributed by atoms with Gasteiger partial charge in [0.1, 0.15) is 16.8 Å². The van der Waals surface area contributed by atoms with E-state index in [1.54, 1.807) is 6.07 Å². The minimum Gasteiger partial charge on any atom is -0.381 e. The van der Waals surface area contributed by atoms with Crippen molar-refractivity contribution in [3.8, 4) is 12.3 Å². The third-order valence-electron chi connectivity index (χ3n) is 4.46. The van der Waals surface area contributed by atoms with Crippen LogP contribution >= 0.6 is 11.6 Å². The number of halogens is 1. The van der Waals surface area contributed by atoms with Crippen molar-refractivity contribution in [3.63, 3.8) is 0 Å². The Hall–Kier alpha value is -1.31. The normalized spacial score (nSPS) is 22.3. The average Bonchev–Trinajstić information content (AvgIpc) is 3.24. The van der Waals surface area contributed by atoms with E-state index in [1.807, 2.05) is 0 Å². The van der Waals surface area contributed by atoms with Crippen molar-refractivity contribution in [2.45, 2.75) is 44.1 Å². The number of aromatic nitrogens is 2. The van der Waals surface area contributed by atoms with E-state index in [9.17, 15) is 0 Å². The smallest absolute Gasteiger partial charge is 0.138 e. The fourth-order valence-electron chi connectivity index (χ4n) is 2.68. The summed E-state index contributed by atoms with van der Waals surface area (Å²) in [5.41, 5.74) is 0.0889. The van der Waals surface area contributed by atoms with E-state index in [0.29, 0.717) is 11.1 Å². The van der Waals surface area contributed by atoms with Crippen molar-refractivity contribution in [2.24, 2.45) is 5.92 Å². The summed E-state index contributed by atoms with van der Waals surface area (Å²) in [6, 6.07) is 1.71. The largest absolute Gasteiger partial charge is 0.381 e. The summed E-state index contributed by atoms with van der Waals surface area (Å²) in [6.07, 6.45) is 9.88. The zero-order valence-corrected chi connectivity index (χ0v) is 13.0. The molecule has 1 N–H and O–H groups in total. The molecule has 4 nitrogen and oxygen atoms in total. The predicted molar refractivity (Wildman–Crippen MR) is 83.4 cm³/mol. The number of terminal acetylenes is 1. The Balaban J connectivity index is 1.76. The van der Waals surface area contributed by atoms with Gasteiger partial charge in [0, 0.05) is 24.7 Å². The minimum atomic E-state index is -0.0419. The van der Waals surface area contributed by atoms with Crippen molar-refractivity contribution in [1.29, 1.82) is 0 Å². The first-order valence-electron chi connectivity index (χ1n) is 7.46. The highest BCUT2D eigenvalue weighted by molar-refractivity contribution is 6.29. The second kappa shape index (κ2) is 5.82. The summed E-state index contributed by atoms with van der Waals surface area (Å²) >= 11 is 6.13. The maximum absolute atomic E-state index is 6.13. The molecule has 3 rings (SSSR count). The van der Waals surface area contributed by atoms with Gasteiger partial charge in [0.05, 0.1) is 6.04 Å². The van der Waals surface area contributed by atoms with Crippen LogP contribution in [-0.2, 0) is 10.2 Å². The number of nitrogens with zero attached hydrogens (tertiary/aromatic N) is 2. The number of rotatable bonds is 4. The van der Waals surface area contributed by atoms with Crippen LogP contribution in [0.25, 0.3) is 0 Å². The van der Waals surface area contributed by atoms with Crippen LogP contribution in [0.1, 0.15) is 38.4 Å². The number of ether oxygens (including phenoxy) is 1. The van der Waals surface area contributed by atoms with Gasteiger partial charge in [0.15, 0.2) is 0 Å². The monoisotopic (exact) mass is 305 g/mol. The van der Waals surface area contributed by atoms with Crippen LogP contribution in [-0.4, -0.2) is 29.2 Å². The average molecular weight is 306 g/mol. The topological polar surface area (TPSA) is 47.0 Å². The molecule has 1 saturated carbocycles. The molecule has 2 heterocycles. The molecule has 0 amide bonds. The molecule has 1 atom stereocenters. The van der Waals surface area contributed by atoms with E-state index in [1.165, 1.54) is 0 Å². The van der Waals surface area contributed by atoms with Crippen LogP contribution < -0.4 is 5.32 Å². The highest BCUT2D eigenvalue weighted by atomic mass is 35.5. The minimum absolute atomic E-state index is 0.0419. The van der Waals surface area contributed by atoms with Crippen LogP contribution in [0.5, 0.6) is 0 Å². The van der Waals surface area contributed by atoms with E-state index >= 15 is 0 Å². The van der Waals surface area contributed by atoms with Crippen molar-refractivity contribution in [1.82, 2.24) is 9.97 Å². The third-order valence-corrected chi connectivity index (χ3v) is 4.65. The number of hydrogen-bond donors (Lipinski definition) is 1. The lowest BCUT2D eigenvalue weighted by atomic mass is 9.92. The second-order valence-corrected chi connectivity index (χ2v) is 6.59. The van der Waals surface area contributed by atoms with Gasteiger partial charge in [0.2, 0.25) is 0 Å². The summed E-state index contributed by atoms with van der Waals surface area (Å²) in [7, 11) is 0. The van der Waals surface area contributed by atoms with Gasteiger partial charge in [-0.1, -0.05) is 24.4 Å². The first-order valence-corrected chi connectivity index (χ1v) is 7.84. The van der Waals surface area contributed by atoms with E-state index in [2.05, 4.69) is 28.1 Å². The molecule has 1 aromatic rings. The van der Waals surface area contributed by atoms with Crippen molar-refractivity contribution in [3.05, 3.63) is 17.0 Å². The summed E-state index contributed by atoms with van der Waals surface area (Å²) in [5.74, 6) is 4.81. The van der Waals surface area contributed by atoms with E-state index in [0.717, 1.165) is 50.5 Å². The summed E-state index contributed by atoms with van der Waals surface area (Å²) in [6.45, 7) is 3.72. The Morgan fingerprint density at radius 3 is 2.76 bits per heavy atom. The van der Waals surface area contributed by atoms with Gasteiger partial charge < -0.3 is 10.1 Å². The lowest BCUT2D eigenvalue weighted by molar-refractivity contribution is 0.0652. The molecule has 0 bridgehead atoms. The summed E-state index contributed by atoms with van der Waals surface area (Å²) < 4.78 is 5.39. The van der Waals surface area contributed by atoms with Crippen molar-refractivity contribution < 1.29 is 4.74 Å². The first kappa shape index (κ1) is 14.6. The molecule has 0 radical (unpaired) electrons. The SMILES string of the molecule is C#CC(Nc1cc(Cl)nc(C2(C)CC2)n1)C1CCOCC1. The van der Waals surface area contributed by atoms with Gasteiger partial charge in [-0.25, -0.2) is 9.97 Å². The molecular formula is C16H20ClN3O. The fourth-order valence-corrected chi connectivity index (χ4v) is 2.86. The molecule has 1 aliphatic carbocycles. The van der Waals surface area contributed by atoms with Gasteiger partial charge in [-0.05, 0) is 31.6 Å². The molecular weight excluding hydrogens is 286 g/mol. The molecule has 2 aliphatic rings. The Morgan fingerprint density at radius 2 is 2.14 bits per heavy atom. The molecule has 0 spiro atoms. The van der Waals surface area contributed by atoms with Crippen molar-refractivity contribution in [2.75, 3.05) is 18.5 Å². The number of nitrogens with one attached hydrogen (secondary N) is 1. The van der Waals surface area contributed by atoms with Gasteiger partial charge in [-0.15, -0.1) is 6.42 Å². The van der Waals surface area contributed by atoms with E-state index in [-0.39, 0.29) is 11.5 Å². The zero-order chi connectivity index (χ0) is 14.9. The van der Waals surface area contributed by atoms with Crippen LogP contribution in [0.4, 0.5) is 5.82 Å². The standard InChI is InChI=1S/C16H20ClN3O/c1-3-12(11-4-8-21-9-5-11)18-14-10-13(17)19-15(20-14)16(2)6-7-16/h1,10-12H,4-9H2,2H3,(H,18,19,20). The van der Waals surface area contributed by atoms with Crippen LogP contribution in [0.2, 0.25) is 5.15 Å². The maximum atomic E-state index is 6.13. The third kappa shape index (κ3) is 3.30. The van der Waals surface area contributed by atoms with Crippen LogP contribution in [0, 0.1) is 18.3 Å². The summed E-state index contributed by atoms with van der Waals surface area (Å²) in [5, 5.41) is 3.82.